The van der Waals surface area contributed by atoms with E-state index >= 15 is 0 Å². The van der Waals surface area contributed by atoms with Crippen molar-refractivity contribution in [2.24, 2.45) is 5.73 Å². The predicted molar refractivity (Wildman–Crippen MR) is 83.6 cm³/mol. The number of ether oxygens (including phenoxy) is 2. The Morgan fingerprint density at radius 2 is 2.05 bits per heavy atom. The fraction of sp³-hybridized carbons (Fsp3) is 0.353. The van der Waals surface area contributed by atoms with Gasteiger partial charge in [0.2, 0.25) is 0 Å². The summed E-state index contributed by atoms with van der Waals surface area (Å²) in [5.41, 5.74) is 9.86. The van der Waals surface area contributed by atoms with Gasteiger partial charge in [-0.1, -0.05) is 12.1 Å². The number of nitrogens with two attached hydrogens (primary N) is 1. The van der Waals surface area contributed by atoms with E-state index in [0.717, 1.165) is 33.9 Å². The first-order chi connectivity index (χ1) is 10.0. The van der Waals surface area contributed by atoms with Gasteiger partial charge in [0, 0.05) is 23.4 Å². The molecule has 1 unspecified atom stereocenters. The molecule has 0 aliphatic carbocycles. The third kappa shape index (κ3) is 3.52. The van der Waals surface area contributed by atoms with Gasteiger partial charge >= 0.3 is 0 Å². The normalized spacial score (nSPS) is 12.0. The van der Waals surface area contributed by atoms with Gasteiger partial charge in [-0.05, 0) is 38.5 Å². The SMILES string of the molecule is COc1c(C)cnc(COc2cccc(C(C)N)c2)c1C. The van der Waals surface area contributed by atoms with Crippen molar-refractivity contribution in [3.05, 3.63) is 52.8 Å². The van der Waals surface area contributed by atoms with Crippen molar-refractivity contribution in [2.75, 3.05) is 7.11 Å². The number of benzene rings is 1. The summed E-state index contributed by atoms with van der Waals surface area (Å²) in [6.45, 7) is 6.34. The standard InChI is InChI=1S/C17H22N2O2/c1-11-9-19-16(12(2)17(11)20-4)10-21-15-7-5-6-14(8-15)13(3)18/h5-9,13H,10,18H2,1-4H3. The largest absolute Gasteiger partial charge is 0.496 e. The molecule has 0 aliphatic heterocycles. The molecule has 0 amide bonds. The molecule has 21 heavy (non-hydrogen) atoms. The van der Waals surface area contributed by atoms with Crippen LogP contribution in [0.3, 0.4) is 0 Å². The van der Waals surface area contributed by atoms with Crippen molar-refractivity contribution >= 4 is 0 Å². The van der Waals surface area contributed by atoms with Crippen molar-refractivity contribution in [3.8, 4) is 11.5 Å². The summed E-state index contributed by atoms with van der Waals surface area (Å²) in [7, 11) is 1.67. The lowest BCUT2D eigenvalue weighted by atomic mass is 10.1. The van der Waals surface area contributed by atoms with E-state index in [9.17, 15) is 0 Å². The molecule has 1 heterocycles. The molecule has 0 aliphatic rings. The van der Waals surface area contributed by atoms with E-state index < -0.39 is 0 Å². The van der Waals surface area contributed by atoms with Crippen LogP contribution in [0.5, 0.6) is 11.5 Å². The van der Waals surface area contributed by atoms with Gasteiger partial charge in [0.1, 0.15) is 18.1 Å². The van der Waals surface area contributed by atoms with Crippen LogP contribution in [-0.4, -0.2) is 12.1 Å². The van der Waals surface area contributed by atoms with Crippen LogP contribution >= 0.6 is 0 Å². The highest BCUT2D eigenvalue weighted by Gasteiger charge is 2.10. The molecular weight excluding hydrogens is 264 g/mol. The molecule has 0 radical (unpaired) electrons. The fourth-order valence-electron chi connectivity index (χ4n) is 2.26. The van der Waals surface area contributed by atoms with Gasteiger partial charge in [0.15, 0.2) is 0 Å². The van der Waals surface area contributed by atoms with Crippen molar-refractivity contribution in [3.63, 3.8) is 0 Å². The van der Waals surface area contributed by atoms with Crippen LogP contribution in [-0.2, 0) is 6.61 Å². The summed E-state index contributed by atoms with van der Waals surface area (Å²) in [6.07, 6.45) is 1.81. The zero-order chi connectivity index (χ0) is 15.4. The minimum atomic E-state index is -0.00659. The monoisotopic (exact) mass is 286 g/mol. The number of aryl methyl sites for hydroxylation is 1. The van der Waals surface area contributed by atoms with Gasteiger partial charge in [-0.25, -0.2) is 0 Å². The van der Waals surface area contributed by atoms with Crippen molar-refractivity contribution in [2.45, 2.75) is 33.4 Å². The molecule has 0 bridgehead atoms. The fourth-order valence-corrected chi connectivity index (χ4v) is 2.26. The zero-order valence-corrected chi connectivity index (χ0v) is 13.0. The van der Waals surface area contributed by atoms with Crippen molar-refractivity contribution < 1.29 is 9.47 Å². The molecule has 1 aromatic heterocycles. The summed E-state index contributed by atoms with van der Waals surface area (Å²) < 4.78 is 11.2. The molecular formula is C17H22N2O2. The number of rotatable bonds is 5. The van der Waals surface area contributed by atoms with Gasteiger partial charge in [0.25, 0.3) is 0 Å². The first kappa shape index (κ1) is 15.3. The summed E-state index contributed by atoms with van der Waals surface area (Å²) in [6, 6.07) is 7.82. The number of nitrogens with zero attached hydrogens (tertiary/aromatic N) is 1. The topological polar surface area (TPSA) is 57.4 Å². The lowest BCUT2D eigenvalue weighted by Crippen LogP contribution is -2.06. The highest BCUT2D eigenvalue weighted by atomic mass is 16.5. The molecule has 112 valence electrons. The summed E-state index contributed by atoms with van der Waals surface area (Å²) in [5, 5.41) is 0. The molecule has 2 aromatic rings. The van der Waals surface area contributed by atoms with E-state index in [1.165, 1.54) is 0 Å². The number of methoxy groups -OCH3 is 1. The second-order valence-electron chi connectivity index (χ2n) is 5.20. The minimum Gasteiger partial charge on any atom is -0.496 e. The first-order valence-corrected chi connectivity index (χ1v) is 7.00. The third-order valence-electron chi connectivity index (χ3n) is 3.51. The maximum atomic E-state index is 5.88. The van der Waals surface area contributed by atoms with Crippen LogP contribution in [0.1, 0.15) is 35.3 Å². The van der Waals surface area contributed by atoms with Gasteiger partial charge in [-0.15, -0.1) is 0 Å². The Hall–Kier alpha value is -2.07. The second-order valence-corrected chi connectivity index (χ2v) is 5.20. The Morgan fingerprint density at radius 1 is 1.29 bits per heavy atom. The van der Waals surface area contributed by atoms with Crippen LogP contribution in [0, 0.1) is 13.8 Å². The molecule has 4 nitrogen and oxygen atoms in total. The Balaban J connectivity index is 2.15. The minimum absolute atomic E-state index is 0.00659. The number of aromatic nitrogens is 1. The quantitative estimate of drug-likeness (QED) is 0.916. The third-order valence-corrected chi connectivity index (χ3v) is 3.51. The van der Waals surface area contributed by atoms with E-state index in [1.807, 2.05) is 51.2 Å². The van der Waals surface area contributed by atoms with Gasteiger partial charge in [-0.3, -0.25) is 4.98 Å². The van der Waals surface area contributed by atoms with Crippen LogP contribution in [0.4, 0.5) is 0 Å². The molecule has 2 N–H and O–H groups in total. The van der Waals surface area contributed by atoms with Gasteiger partial charge in [-0.2, -0.15) is 0 Å². The Morgan fingerprint density at radius 3 is 2.71 bits per heavy atom. The Labute approximate surface area is 125 Å². The molecule has 0 fully saturated rings. The predicted octanol–water partition coefficient (Wildman–Crippen LogP) is 3.31. The molecule has 0 spiro atoms. The van der Waals surface area contributed by atoms with E-state index in [1.54, 1.807) is 7.11 Å². The molecule has 1 aromatic carbocycles. The number of pyridine rings is 1. The van der Waals surface area contributed by atoms with Crippen LogP contribution in [0.25, 0.3) is 0 Å². The molecule has 0 saturated carbocycles. The van der Waals surface area contributed by atoms with Crippen LogP contribution in [0.2, 0.25) is 0 Å². The highest BCUT2D eigenvalue weighted by Crippen LogP contribution is 2.25. The van der Waals surface area contributed by atoms with Crippen LogP contribution < -0.4 is 15.2 Å². The zero-order valence-electron chi connectivity index (χ0n) is 13.0. The van der Waals surface area contributed by atoms with Crippen molar-refractivity contribution in [1.29, 1.82) is 0 Å². The summed E-state index contributed by atoms with van der Waals surface area (Å²) >= 11 is 0. The second kappa shape index (κ2) is 6.59. The average molecular weight is 286 g/mol. The Kier molecular flexibility index (Phi) is 4.81. The van der Waals surface area contributed by atoms with Crippen molar-refractivity contribution in [1.82, 2.24) is 4.98 Å². The van der Waals surface area contributed by atoms with E-state index in [0.29, 0.717) is 6.61 Å². The van der Waals surface area contributed by atoms with Gasteiger partial charge < -0.3 is 15.2 Å². The van der Waals surface area contributed by atoms with E-state index in [-0.39, 0.29) is 6.04 Å². The van der Waals surface area contributed by atoms with E-state index in [2.05, 4.69) is 4.98 Å². The number of hydrogen-bond acceptors (Lipinski definition) is 4. The molecule has 2 rings (SSSR count). The summed E-state index contributed by atoms with van der Waals surface area (Å²) in [5.74, 6) is 1.67. The van der Waals surface area contributed by atoms with E-state index in [4.69, 9.17) is 15.2 Å². The lowest BCUT2D eigenvalue weighted by Gasteiger charge is -2.14. The lowest BCUT2D eigenvalue weighted by molar-refractivity contribution is 0.298. The molecule has 4 heteroatoms. The maximum Gasteiger partial charge on any atom is 0.131 e. The van der Waals surface area contributed by atoms with Crippen LogP contribution in [0.15, 0.2) is 30.5 Å². The smallest absolute Gasteiger partial charge is 0.131 e. The number of hydrogen-bond donors (Lipinski definition) is 1. The Bertz CT molecular complexity index is 624. The summed E-state index contributed by atoms with van der Waals surface area (Å²) in [4.78, 5) is 4.43. The molecule has 0 saturated heterocycles. The van der Waals surface area contributed by atoms with Gasteiger partial charge in [0.05, 0.1) is 12.8 Å². The first-order valence-electron chi connectivity index (χ1n) is 7.00. The highest BCUT2D eigenvalue weighted by molar-refractivity contribution is 5.41. The average Bonchev–Trinajstić information content (AvgIpc) is 2.47. The maximum absolute atomic E-state index is 5.88. The molecule has 1 atom stereocenters.